The van der Waals surface area contributed by atoms with E-state index in [1.807, 2.05) is 41.0 Å². The summed E-state index contributed by atoms with van der Waals surface area (Å²) in [6, 6.07) is 13.2. The van der Waals surface area contributed by atoms with Crippen LogP contribution in [0.3, 0.4) is 0 Å². The van der Waals surface area contributed by atoms with Crippen LogP contribution in [0.15, 0.2) is 51.7 Å². The van der Waals surface area contributed by atoms with Crippen molar-refractivity contribution in [2.24, 2.45) is 0 Å². The fourth-order valence-electron chi connectivity index (χ4n) is 2.34. The number of hydrogen-bond donors (Lipinski definition) is 0. The monoisotopic (exact) mass is 437 g/mol. The van der Waals surface area contributed by atoms with Gasteiger partial charge in [0.15, 0.2) is 4.73 Å². The first kappa shape index (κ1) is 16.0. The van der Waals surface area contributed by atoms with E-state index in [9.17, 15) is 4.79 Å². The summed E-state index contributed by atoms with van der Waals surface area (Å²) in [6.45, 7) is 0. The standard InChI is InChI=1S/C16H13Br2N3O2/c1-20(12-6-4-11(17)5-7-12)21-14-9-10(15(22)23-2)3-8-13(14)19-16(21)18/h3-9H,1-2H3. The molecule has 7 heteroatoms. The van der Waals surface area contributed by atoms with Crippen LogP contribution in [0.5, 0.6) is 0 Å². The van der Waals surface area contributed by atoms with Crippen LogP contribution in [0.1, 0.15) is 10.4 Å². The Bertz CT molecular complexity index is 875. The molecule has 3 aromatic rings. The maximum Gasteiger partial charge on any atom is 0.337 e. The average molecular weight is 439 g/mol. The molecule has 0 unspecified atom stereocenters. The molecule has 0 spiro atoms. The van der Waals surface area contributed by atoms with Crippen LogP contribution in [0.2, 0.25) is 0 Å². The molecule has 0 radical (unpaired) electrons. The fourth-order valence-corrected chi connectivity index (χ4v) is 3.22. The van der Waals surface area contributed by atoms with Gasteiger partial charge in [0.2, 0.25) is 0 Å². The molecule has 3 rings (SSSR count). The molecule has 0 fully saturated rings. The van der Waals surface area contributed by atoms with Crippen LogP contribution in [0, 0.1) is 0 Å². The molecule has 0 saturated carbocycles. The van der Waals surface area contributed by atoms with Gasteiger partial charge in [-0.1, -0.05) is 15.9 Å². The number of methoxy groups -OCH3 is 1. The predicted molar refractivity (Wildman–Crippen MR) is 96.7 cm³/mol. The van der Waals surface area contributed by atoms with Crippen molar-refractivity contribution in [3.8, 4) is 0 Å². The normalized spacial score (nSPS) is 10.8. The number of aromatic nitrogens is 2. The van der Waals surface area contributed by atoms with E-state index in [1.54, 1.807) is 18.2 Å². The van der Waals surface area contributed by atoms with E-state index in [0.29, 0.717) is 10.3 Å². The molecule has 23 heavy (non-hydrogen) atoms. The fraction of sp³-hybridized carbons (Fsp3) is 0.125. The van der Waals surface area contributed by atoms with E-state index in [-0.39, 0.29) is 5.97 Å². The van der Waals surface area contributed by atoms with Gasteiger partial charge in [0, 0.05) is 11.5 Å². The lowest BCUT2D eigenvalue weighted by molar-refractivity contribution is 0.0601. The van der Waals surface area contributed by atoms with Gasteiger partial charge >= 0.3 is 5.97 Å². The molecule has 1 heterocycles. The third kappa shape index (κ3) is 2.98. The lowest BCUT2D eigenvalue weighted by atomic mass is 10.2. The maximum atomic E-state index is 11.8. The van der Waals surface area contributed by atoms with Crippen molar-refractivity contribution in [1.29, 1.82) is 0 Å². The molecular weight excluding hydrogens is 426 g/mol. The van der Waals surface area contributed by atoms with Gasteiger partial charge in [-0.3, -0.25) is 5.01 Å². The molecule has 0 aliphatic heterocycles. The highest BCUT2D eigenvalue weighted by Gasteiger charge is 2.16. The largest absolute Gasteiger partial charge is 0.465 e. The van der Waals surface area contributed by atoms with Gasteiger partial charge in [0.05, 0.1) is 29.4 Å². The molecule has 0 N–H and O–H groups in total. The van der Waals surface area contributed by atoms with Gasteiger partial charge in [-0.15, -0.1) is 0 Å². The zero-order valence-electron chi connectivity index (χ0n) is 12.5. The van der Waals surface area contributed by atoms with Crippen molar-refractivity contribution in [3.63, 3.8) is 0 Å². The minimum Gasteiger partial charge on any atom is -0.465 e. The van der Waals surface area contributed by atoms with Gasteiger partial charge < -0.3 is 4.74 Å². The Morgan fingerprint density at radius 1 is 1.17 bits per heavy atom. The SMILES string of the molecule is COC(=O)c1ccc2nc(Br)n(N(C)c3ccc(Br)cc3)c2c1. The quantitative estimate of drug-likeness (QED) is 0.573. The molecule has 118 valence electrons. The molecule has 1 aromatic heterocycles. The Hall–Kier alpha value is -1.86. The summed E-state index contributed by atoms with van der Waals surface area (Å²) in [5, 5.41) is 1.95. The number of imidazole rings is 1. The van der Waals surface area contributed by atoms with Crippen LogP contribution in [-0.2, 0) is 4.74 Å². The second kappa shape index (κ2) is 6.33. The summed E-state index contributed by atoms with van der Waals surface area (Å²) in [6.07, 6.45) is 0. The summed E-state index contributed by atoms with van der Waals surface area (Å²) in [7, 11) is 3.30. The van der Waals surface area contributed by atoms with Crippen LogP contribution < -0.4 is 5.01 Å². The molecule has 0 amide bonds. The van der Waals surface area contributed by atoms with E-state index in [2.05, 4.69) is 36.8 Å². The zero-order valence-corrected chi connectivity index (χ0v) is 15.6. The number of ether oxygens (including phenoxy) is 1. The molecular formula is C16H13Br2N3O2. The zero-order chi connectivity index (χ0) is 16.6. The number of anilines is 1. The van der Waals surface area contributed by atoms with E-state index < -0.39 is 0 Å². The second-order valence-corrected chi connectivity index (χ2v) is 6.51. The van der Waals surface area contributed by atoms with E-state index in [4.69, 9.17) is 4.74 Å². The minimum absolute atomic E-state index is 0.373. The Morgan fingerprint density at radius 3 is 2.52 bits per heavy atom. The second-order valence-electron chi connectivity index (χ2n) is 4.89. The molecule has 0 bridgehead atoms. The first-order valence-electron chi connectivity index (χ1n) is 6.77. The predicted octanol–water partition coefficient (Wildman–Crippen LogP) is 4.25. The third-order valence-electron chi connectivity index (χ3n) is 3.51. The highest BCUT2D eigenvalue weighted by Crippen LogP contribution is 2.26. The highest BCUT2D eigenvalue weighted by atomic mass is 79.9. The first-order valence-corrected chi connectivity index (χ1v) is 8.36. The molecule has 0 saturated heterocycles. The summed E-state index contributed by atoms with van der Waals surface area (Å²) in [5.74, 6) is -0.373. The van der Waals surface area contributed by atoms with Gasteiger partial charge in [0.1, 0.15) is 0 Å². The van der Waals surface area contributed by atoms with Crippen molar-refractivity contribution >= 4 is 54.5 Å². The molecule has 0 aliphatic rings. The van der Waals surface area contributed by atoms with Crippen molar-refractivity contribution in [2.45, 2.75) is 0 Å². The van der Waals surface area contributed by atoms with Gasteiger partial charge in [-0.2, -0.15) is 0 Å². The summed E-state index contributed by atoms with van der Waals surface area (Å²) in [5.41, 5.74) is 3.06. The number of carbonyl (C=O) groups excluding carboxylic acids is 1. The lowest BCUT2D eigenvalue weighted by Gasteiger charge is -2.22. The van der Waals surface area contributed by atoms with Gasteiger partial charge in [-0.25, -0.2) is 14.5 Å². The topological polar surface area (TPSA) is 47.4 Å². The number of carbonyl (C=O) groups is 1. The molecule has 2 aromatic carbocycles. The summed E-state index contributed by atoms with van der Waals surface area (Å²) in [4.78, 5) is 16.3. The summed E-state index contributed by atoms with van der Waals surface area (Å²) >= 11 is 6.92. The van der Waals surface area contributed by atoms with Crippen LogP contribution in [0.4, 0.5) is 5.69 Å². The number of halogens is 2. The van der Waals surface area contributed by atoms with E-state index >= 15 is 0 Å². The summed E-state index contributed by atoms with van der Waals surface area (Å²) < 4.78 is 8.35. The Balaban J connectivity index is 2.13. The number of hydrogen-bond acceptors (Lipinski definition) is 4. The van der Waals surface area contributed by atoms with Crippen molar-refractivity contribution in [2.75, 3.05) is 19.2 Å². The van der Waals surface area contributed by atoms with Gasteiger partial charge in [-0.05, 0) is 58.4 Å². The van der Waals surface area contributed by atoms with Gasteiger partial charge in [0.25, 0.3) is 0 Å². The number of benzene rings is 2. The number of esters is 1. The number of fused-ring (bicyclic) bond motifs is 1. The highest BCUT2D eigenvalue weighted by molar-refractivity contribution is 9.10. The van der Waals surface area contributed by atoms with Crippen LogP contribution in [0.25, 0.3) is 11.0 Å². The Labute approximate surface area is 150 Å². The van der Waals surface area contributed by atoms with Crippen LogP contribution in [-0.4, -0.2) is 29.8 Å². The first-order chi connectivity index (χ1) is 11.0. The number of rotatable bonds is 3. The maximum absolute atomic E-state index is 11.8. The van der Waals surface area contributed by atoms with E-state index in [0.717, 1.165) is 21.2 Å². The average Bonchev–Trinajstić information content (AvgIpc) is 2.89. The smallest absolute Gasteiger partial charge is 0.337 e. The minimum atomic E-state index is -0.373. The van der Waals surface area contributed by atoms with Crippen molar-refractivity contribution in [1.82, 2.24) is 9.66 Å². The lowest BCUT2D eigenvalue weighted by Crippen LogP contribution is -2.24. The Kier molecular flexibility index (Phi) is 4.41. The van der Waals surface area contributed by atoms with Crippen LogP contribution >= 0.6 is 31.9 Å². The third-order valence-corrected chi connectivity index (χ3v) is 4.55. The number of nitrogens with zero attached hydrogens (tertiary/aromatic N) is 3. The molecule has 0 aliphatic carbocycles. The van der Waals surface area contributed by atoms with Crippen molar-refractivity contribution in [3.05, 3.63) is 57.2 Å². The molecule has 0 atom stereocenters. The molecule has 5 nitrogen and oxygen atoms in total. The van der Waals surface area contributed by atoms with Crippen molar-refractivity contribution < 1.29 is 9.53 Å². The van der Waals surface area contributed by atoms with E-state index in [1.165, 1.54) is 7.11 Å². The Morgan fingerprint density at radius 2 is 1.87 bits per heavy atom.